The van der Waals surface area contributed by atoms with Gasteiger partial charge in [0, 0.05) is 18.6 Å². The van der Waals surface area contributed by atoms with E-state index in [2.05, 4.69) is 33.9 Å². The van der Waals surface area contributed by atoms with Crippen LogP contribution in [0.4, 0.5) is 4.79 Å². The molecule has 4 nitrogen and oxygen atoms in total. The number of carbonyl (C=O) groups excluding carboxylic acids is 1. The van der Waals surface area contributed by atoms with Gasteiger partial charge in [0.15, 0.2) is 8.32 Å². The standard InChI is InChI=1S/C20H34ClNO3Si/c1-19(2,3)25-18(23)22(7)13-15-10-11-17(21)16(12-15)14-24-26(8,9)20(4,5)6/h10-12H,13-14H2,1-9H3. The van der Waals surface area contributed by atoms with Crippen molar-refractivity contribution in [3.05, 3.63) is 34.3 Å². The fourth-order valence-corrected chi connectivity index (χ4v) is 3.11. The molecule has 0 aromatic heterocycles. The smallest absolute Gasteiger partial charge is 0.410 e. The minimum absolute atomic E-state index is 0.147. The van der Waals surface area contributed by atoms with Crippen LogP contribution in [-0.4, -0.2) is 32.0 Å². The van der Waals surface area contributed by atoms with Crippen LogP contribution in [0.2, 0.25) is 23.2 Å². The summed E-state index contributed by atoms with van der Waals surface area (Å²) < 4.78 is 11.7. The quantitative estimate of drug-likeness (QED) is 0.551. The van der Waals surface area contributed by atoms with Gasteiger partial charge in [0.05, 0.1) is 6.61 Å². The lowest BCUT2D eigenvalue weighted by molar-refractivity contribution is 0.0285. The Kier molecular flexibility index (Phi) is 7.36. The summed E-state index contributed by atoms with van der Waals surface area (Å²) in [6, 6.07) is 5.81. The Bertz CT molecular complexity index is 633. The van der Waals surface area contributed by atoms with Gasteiger partial charge in [-0.05, 0) is 56.1 Å². The number of rotatable bonds is 5. The summed E-state index contributed by atoms with van der Waals surface area (Å²) in [5.41, 5.74) is 1.44. The Balaban J connectivity index is 2.83. The molecule has 0 radical (unpaired) electrons. The highest BCUT2D eigenvalue weighted by molar-refractivity contribution is 6.74. The lowest BCUT2D eigenvalue weighted by atomic mass is 10.1. The molecule has 1 aromatic rings. The second-order valence-corrected chi connectivity index (χ2v) is 14.5. The third-order valence-electron chi connectivity index (χ3n) is 4.63. The van der Waals surface area contributed by atoms with Crippen molar-refractivity contribution < 1.29 is 14.0 Å². The molecule has 0 aliphatic heterocycles. The molecule has 0 N–H and O–H groups in total. The highest BCUT2D eigenvalue weighted by atomic mass is 35.5. The maximum atomic E-state index is 12.1. The molecule has 0 spiro atoms. The Morgan fingerprint density at radius 3 is 2.23 bits per heavy atom. The third-order valence-corrected chi connectivity index (χ3v) is 9.48. The number of carbonyl (C=O) groups is 1. The van der Waals surface area contributed by atoms with Gasteiger partial charge in [-0.3, -0.25) is 0 Å². The van der Waals surface area contributed by atoms with E-state index in [4.69, 9.17) is 20.8 Å². The number of halogens is 1. The minimum Gasteiger partial charge on any atom is -0.444 e. The maximum absolute atomic E-state index is 12.1. The molecule has 0 fully saturated rings. The third kappa shape index (κ3) is 6.93. The summed E-state index contributed by atoms with van der Waals surface area (Å²) in [5, 5.41) is 0.834. The van der Waals surface area contributed by atoms with Gasteiger partial charge in [-0.15, -0.1) is 0 Å². The van der Waals surface area contributed by atoms with Crippen LogP contribution in [0, 0.1) is 0 Å². The maximum Gasteiger partial charge on any atom is 0.410 e. The summed E-state index contributed by atoms with van der Waals surface area (Å²) >= 11 is 6.36. The predicted molar refractivity (Wildman–Crippen MR) is 111 cm³/mol. The van der Waals surface area contributed by atoms with E-state index in [-0.39, 0.29) is 11.1 Å². The Labute approximate surface area is 164 Å². The zero-order valence-corrected chi connectivity index (χ0v) is 19.5. The molecule has 0 bridgehead atoms. The highest BCUT2D eigenvalue weighted by Gasteiger charge is 2.37. The van der Waals surface area contributed by atoms with Crippen LogP contribution in [-0.2, 0) is 22.3 Å². The van der Waals surface area contributed by atoms with Crippen LogP contribution >= 0.6 is 11.6 Å². The molecule has 0 unspecified atom stereocenters. The number of amides is 1. The van der Waals surface area contributed by atoms with Gasteiger partial charge in [0.25, 0.3) is 0 Å². The van der Waals surface area contributed by atoms with E-state index in [1.54, 1.807) is 11.9 Å². The van der Waals surface area contributed by atoms with Crippen LogP contribution < -0.4 is 0 Å². The van der Waals surface area contributed by atoms with E-state index in [0.717, 1.165) is 11.1 Å². The second-order valence-electron chi connectivity index (χ2n) is 9.31. The normalized spacial score (nSPS) is 12.8. The van der Waals surface area contributed by atoms with Crippen LogP contribution in [0.3, 0.4) is 0 Å². The fraction of sp³-hybridized carbons (Fsp3) is 0.650. The van der Waals surface area contributed by atoms with E-state index < -0.39 is 13.9 Å². The molecule has 1 amide bonds. The molecule has 0 heterocycles. The fourth-order valence-electron chi connectivity index (χ4n) is 1.99. The first-order valence-electron chi connectivity index (χ1n) is 8.98. The monoisotopic (exact) mass is 399 g/mol. The van der Waals surface area contributed by atoms with Gasteiger partial charge >= 0.3 is 6.09 Å². The minimum atomic E-state index is -1.85. The first-order valence-corrected chi connectivity index (χ1v) is 12.3. The van der Waals surface area contributed by atoms with Crippen LogP contribution in [0.5, 0.6) is 0 Å². The van der Waals surface area contributed by atoms with Gasteiger partial charge in [0.1, 0.15) is 5.60 Å². The first kappa shape index (κ1) is 23.0. The topological polar surface area (TPSA) is 38.8 Å². The van der Waals surface area contributed by atoms with E-state index in [9.17, 15) is 4.79 Å². The molecule has 0 aliphatic carbocycles. The molecule has 0 saturated carbocycles. The summed E-state index contributed by atoms with van der Waals surface area (Å²) in [5.74, 6) is 0. The molecule has 0 aliphatic rings. The largest absolute Gasteiger partial charge is 0.444 e. The molecule has 0 atom stereocenters. The molecule has 148 valence electrons. The van der Waals surface area contributed by atoms with Gasteiger partial charge in [0.2, 0.25) is 0 Å². The van der Waals surface area contributed by atoms with E-state index >= 15 is 0 Å². The zero-order valence-electron chi connectivity index (χ0n) is 17.7. The lowest BCUT2D eigenvalue weighted by Crippen LogP contribution is -2.40. The molecule has 26 heavy (non-hydrogen) atoms. The van der Waals surface area contributed by atoms with Crippen molar-refractivity contribution >= 4 is 26.0 Å². The molecule has 6 heteroatoms. The van der Waals surface area contributed by atoms with Crippen molar-refractivity contribution in [1.29, 1.82) is 0 Å². The van der Waals surface area contributed by atoms with Gasteiger partial charge in [-0.1, -0.05) is 44.5 Å². The Morgan fingerprint density at radius 1 is 1.15 bits per heavy atom. The average molecular weight is 400 g/mol. The number of benzene rings is 1. The highest BCUT2D eigenvalue weighted by Crippen LogP contribution is 2.37. The molecular weight excluding hydrogens is 366 g/mol. The summed E-state index contributed by atoms with van der Waals surface area (Å²) in [4.78, 5) is 13.7. The van der Waals surface area contributed by atoms with E-state index in [0.29, 0.717) is 18.2 Å². The predicted octanol–water partition coefficient (Wildman–Crippen LogP) is 6.23. The van der Waals surface area contributed by atoms with Gasteiger partial charge < -0.3 is 14.1 Å². The summed E-state index contributed by atoms with van der Waals surface area (Å²) in [7, 11) is -0.117. The number of hydrogen-bond acceptors (Lipinski definition) is 3. The van der Waals surface area contributed by atoms with Crippen molar-refractivity contribution in [2.24, 2.45) is 0 Å². The molecular formula is C20H34ClNO3Si. The van der Waals surface area contributed by atoms with E-state index in [1.165, 1.54) is 0 Å². The molecule has 1 rings (SSSR count). The first-order chi connectivity index (χ1) is 11.6. The number of nitrogens with zero attached hydrogens (tertiary/aromatic N) is 1. The van der Waals surface area contributed by atoms with Crippen molar-refractivity contribution in [3.63, 3.8) is 0 Å². The van der Waals surface area contributed by atoms with Crippen LogP contribution in [0.25, 0.3) is 0 Å². The number of ether oxygens (including phenoxy) is 1. The second kappa shape index (κ2) is 8.32. The Morgan fingerprint density at radius 2 is 1.73 bits per heavy atom. The zero-order chi connectivity index (χ0) is 20.3. The summed E-state index contributed by atoms with van der Waals surface area (Å²) in [6.45, 7) is 17.6. The van der Waals surface area contributed by atoms with Gasteiger partial charge in [-0.2, -0.15) is 0 Å². The van der Waals surface area contributed by atoms with Crippen molar-refractivity contribution in [2.45, 2.75) is 78.4 Å². The average Bonchev–Trinajstić information content (AvgIpc) is 2.44. The van der Waals surface area contributed by atoms with Crippen molar-refractivity contribution in [2.75, 3.05) is 7.05 Å². The van der Waals surface area contributed by atoms with Gasteiger partial charge in [-0.25, -0.2) is 4.79 Å². The molecule has 1 aromatic carbocycles. The Hall–Kier alpha value is -1.04. The SMILES string of the molecule is CN(Cc1ccc(Cl)c(CO[Si](C)(C)C(C)(C)C)c1)C(=O)OC(C)(C)C. The van der Waals surface area contributed by atoms with Crippen LogP contribution in [0.15, 0.2) is 18.2 Å². The lowest BCUT2D eigenvalue weighted by Gasteiger charge is -2.36. The number of hydrogen-bond donors (Lipinski definition) is 0. The van der Waals surface area contributed by atoms with E-state index in [1.807, 2.05) is 39.0 Å². The van der Waals surface area contributed by atoms with Crippen molar-refractivity contribution in [1.82, 2.24) is 4.90 Å². The van der Waals surface area contributed by atoms with Crippen LogP contribution in [0.1, 0.15) is 52.7 Å². The van der Waals surface area contributed by atoms with Crippen molar-refractivity contribution in [3.8, 4) is 0 Å². The molecule has 0 saturated heterocycles. The summed E-state index contributed by atoms with van der Waals surface area (Å²) in [6.07, 6.45) is -0.341.